The van der Waals surface area contributed by atoms with Crippen LogP contribution < -0.4 is 5.32 Å². The number of carbonyl (C=O) groups excluding carboxylic acids is 2. The van der Waals surface area contributed by atoms with E-state index in [0.29, 0.717) is 0 Å². The Hall–Kier alpha value is -1.95. The van der Waals surface area contributed by atoms with Gasteiger partial charge in [0.15, 0.2) is 0 Å². The van der Waals surface area contributed by atoms with Crippen molar-refractivity contribution >= 4 is 11.8 Å². The van der Waals surface area contributed by atoms with Gasteiger partial charge in [0.25, 0.3) is 5.91 Å². The highest BCUT2D eigenvalue weighted by Crippen LogP contribution is 2.19. The summed E-state index contributed by atoms with van der Waals surface area (Å²) in [5.74, 6) is -1.55. The molecule has 19 heavy (non-hydrogen) atoms. The Morgan fingerprint density at radius 2 is 2.05 bits per heavy atom. The Balaban J connectivity index is 1.85. The van der Waals surface area contributed by atoms with E-state index in [4.69, 9.17) is 0 Å². The van der Waals surface area contributed by atoms with Crippen molar-refractivity contribution in [2.45, 2.75) is 12.5 Å². The fraction of sp³-hybridized carbons (Fsp3) is 0.385. The van der Waals surface area contributed by atoms with Gasteiger partial charge in [-0.2, -0.15) is 0 Å². The number of aliphatic hydroxyl groups is 1. The first-order valence-corrected chi connectivity index (χ1v) is 5.92. The summed E-state index contributed by atoms with van der Waals surface area (Å²) >= 11 is 0. The lowest BCUT2D eigenvalue weighted by Gasteiger charge is -2.44. The standard InChI is InChI=1S/C13H15FN2O3/c1-13(19)7-16(8-13)11(17)6-15-12(18)9-4-2-3-5-10(9)14/h2-5,19H,6-8H2,1H3,(H,15,18). The van der Waals surface area contributed by atoms with Crippen LogP contribution in [0.15, 0.2) is 24.3 Å². The summed E-state index contributed by atoms with van der Waals surface area (Å²) in [6.07, 6.45) is 0. The van der Waals surface area contributed by atoms with Crippen LogP contribution in [0.3, 0.4) is 0 Å². The molecule has 1 saturated heterocycles. The highest BCUT2D eigenvalue weighted by atomic mass is 19.1. The summed E-state index contributed by atoms with van der Waals surface area (Å²) in [7, 11) is 0. The van der Waals surface area contributed by atoms with Crippen LogP contribution in [0.25, 0.3) is 0 Å². The molecule has 0 aromatic heterocycles. The molecule has 1 aromatic rings. The molecule has 1 aromatic carbocycles. The van der Waals surface area contributed by atoms with E-state index in [2.05, 4.69) is 5.32 Å². The molecule has 1 aliphatic heterocycles. The molecule has 0 unspecified atom stereocenters. The Labute approximate surface area is 110 Å². The highest BCUT2D eigenvalue weighted by Gasteiger charge is 2.39. The quantitative estimate of drug-likeness (QED) is 0.818. The minimum absolute atomic E-state index is 0.0918. The van der Waals surface area contributed by atoms with Gasteiger partial charge in [0.1, 0.15) is 5.82 Å². The maximum atomic E-state index is 13.3. The molecule has 0 spiro atoms. The maximum Gasteiger partial charge on any atom is 0.254 e. The molecule has 2 N–H and O–H groups in total. The molecule has 5 nitrogen and oxygen atoms in total. The molecule has 0 radical (unpaired) electrons. The van der Waals surface area contributed by atoms with Crippen molar-refractivity contribution in [3.8, 4) is 0 Å². The molecule has 0 atom stereocenters. The second-order valence-corrected chi connectivity index (χ2v) is 4.91. The van der Waals surface area contributed by atoms with Crippen LogP contribution in [0.1, 0.15) is 17.3 Å². The van der Waals surface area contributed by atoms with Crippen molar-refractivity contribution in [3.63, 3.8) is 0 Å². The van der Waals surface area contributed by atoms with E-state index in [1.807, 2.05) is 0 Å². The first-order chi connectivity index (χ1) is 8.89. The van der Waals surface area contributed by atoms with E-state index in [1.54, 1.807) is 13.0 Å². The lowest BCUT2D eigenvalue weighted by atomic mass is 9.97. The maximum absolute atomic E-state index is 13.3. The molecule has 1 fully saturated rings. The third-order valence-electron chi connectivity index (χ3n) is 2.93. The normalized spacial score (nSPS) is 16.7. The molecule has 0 saturated carbocycles. The topological polar surface area (TPSA) is 69.6 Å². The summed E-state index contributed by atoms with van der Waals surface area (Å²) in [6, 6.07) is 5.57. The van der Waals surface area contributed by atoms with Crippen molar-refractivity contribution in [3.05, 3.63) is 35.6 Å². The monoisotopic (exact) mass is 266 g/mol. The Bertz CT molecular complexity index is 508. The molecule has 102 valence electrons. The van der Waals surface area contributed by atoms with Gasteiger partial charge in [0.2, 0.25) is 5.91 Å². The van der Waals surface area contributed by atoms with Crippen LogP contribution in [0.5, 0.6) is 0 Å². The van der Waals surface area contributed by atoms with Crippen molar-refractivity contribution in [1.82, 2.24) is 10.2 Å². The Kier molecular flexibility index (Phi) is 3.53. The smallest absolute Gasteiger partial charge is 0.254 e. The van der Waals surface area contributed by atoms with Crippen LogP contribution >= 0.6 is 0 Å². The van der Waals surface area contributed by atoms with Gasteiger partial charge in [-0.15, -0.1) is 0 Å². The second-order valence-electron chi connectivity index (χ2n) is 4.91. The van der Waals surface area contributed by atoms with Gasteiger partial charge in [-0.1, -0.05) is 12.1 Å². The number of hydrogen-bond donors (Lipinski definition) is 2. The van der Waals surface area contributed by atoms with Gasteiger partial charge in [-0.05, 0) is 19.1 Å². The van der Waals surface area contributed by atoms with E-state index in [-0.39, 0.29) is 31.1 Å². The lowest BCUT2D eigenvalue weighted by Crippen LogP contribution is -2.63. The SMILES string of the molecule is CC1(O)CN(C(=O)CNC(=O)c2ccccc2F)C1. The van der Waals surface area contributed by atoms with E-state index >= 15 is 0 Å². The zero-order valence-corrected chi connectivity index (χ0v) is 10.5. The van der Waals surface area contributed by atoms with Crippen LogP contribution in [0.4, 0.5) is 4.39 Å². The molecule has 0 aliphatic carbocycles. The third kappa shape index (κ3) is 3.08. The summed E-state index contributed by atoms with van der Waals surface area (Å²) in [4.78, 5) is 24.7. The molecular weight excluding hydrogens is 251 g/mol. The molecule has 6 heteroatoms. The summed E-state index contributed by atoms with van der Waals surface area (Å²) < 4.78 is 13.3. The number of benzene rings is 1. The zero-order valence-electron chi connectivity index (χ0n) is 10.5. The molecule has 1 aliphatic rings. The molecule has 1 heterocycles. The second kappa shape index (κ2) is 4.97. The predicted molar refractivity (Wildman–Crippen MR) is 65.9 cm³/mol. The van der Waals surface area contributed by atoms with E-state index < -0.39 is 17.3 Å². The van der Waals surface area contributed by atoms with Crippen molar-refractivity contribution in [2.75, 3.05) is 19.6 Å². The Morgan fingerprint density at radius 1 is 1.42 bits per heavy atom. The molecular formula is C13H15FN2O3. The number of rotatable bonds is 3. The average molecular weight is 266 g/mol. The summed E-state index contributed by atoms with van der Waals surface area (Å²) in [6.45, 7) is 1.93. The van der Waals surface area contributed by atoms with Gasteiger partial charge in [-0.25, -0.2) is 4.39 Å². The van der Waals surface area contributed by atoms with Crippen LogP contribution in [-0.4, -0.2) is 47.1 Å². The molecule has 0 bridgehead atoms. The van der Waals surface area contributed by atoms with E-state index in [9.17, 15) is 19.1 Å². The minimum atomic E-state index is -0.842. The highest BCUT2D eigenvalue weighted by molar-refractivity contribution is 5.96. The third-order valence-corrected chi connectivity index (χ3v) is 2.93. The zero-order chi connectivity index (χ0) is 14.0. The number of likely N-dealkylation sites (tertiary alicyclic amines) is 1. The van der Waals surface area contributed by atoms with Crippen LogP contribution in [0, 0.1) is 5.82 Å². The first kappa shape index (κ1) is 13.5. The van der Waals surface area contributed by atoms with Gasteiger partial charge in [-0.3, -0.25) is 9.59 Å². The number of nitrogens with zero attached hydrogens (tertiary/aromatic N) is 1. The van der Waals surface area contributed by atoms with Crippen molar-refractivity contribution in [2.24, 2.45) is 0 Å². The van der Waals surface area contributed by atoms with E-state index in [1.165, 1.54) is 23.1 Å². The molecule has 2 amide bonds. The largest absolute Gasteiger partial charge is 0.386 e. The lowest BCUT2D eigenvalue weighted by molar-refractivity contribution is -0.151. The average Bonchev–Trinajstić information content (AvgIpc) is 2.33. The van der Waals surface area contributed by atoms with Gasteiger partial charge in [0.05, 0.1) is 30.8 Å². The number of nitrogens with one attached hydrogen (secondary N) is 1. The van der Waals surface area contributed by atoms with Crippen LogP contribution in [-0.2, 0) is 4.79 Å². The predicted octanol–water partition coefficient (Wildman–Crippen LogP) is 0.149. The summed E-state index contributed by atoms with van der Waals surface area (Å²) in [5.41, 5.74) is -0.934. The van der Waals surface area contributed by atoms with Crippen molar-refractivity contribution < 1.29 is 19.1 Å². The fourth-order valence-electron chi connectivity index (χ4n) is 1.96. The Morgan fingerprint density at radius 3 is 2.63 bits per heavy atom. The minimum Gasteiger partial charge on any atom is -0.386 e. The number of hydrogen-bond acceptors (Lipinski definition) is 3. The number of amides is 2. The van der Waals surface area contributed by atoms with Gasteiger partial charge < -0.3 is 15.3 Å². The molecule has 2 rings (SSSR count). The number of carbonyl (C=O) groups is 2. The van der Waals surface area contributed by atoms with Crippen molar-refractivity contribution in [1.29, 1.82) is 0 Å². The van der Waals surface area contributed by atoms with Gasteiger partial charge in [0, 0.05) is 0 Å². The first-order valence-electron chi connectivity index (χ1n) is 5.92. The van der Waals surface area contributed by atoms with Crippen LogP contribution in [0.2, 0.25) is 0 Å². The van der Waals surface area contributed by atoms with Gasteiger partial charge >= 0.3 is 0 Å². The number of β-amino-alcohol motifs (C(OH)–C–C–N with tert-alkyl or cyclic N) is 1. The fourth-order valence-corrected chi connectivity index (χ4v) is 1.96. The number of halogens is 1. The van der Waals surface area contributed by atoms with E-state index in [0.717, 1.165) is 0 Å². The summed E-state index contributed by atoms with van der Waals surface area (Å²) in [5, 5.41) is 11.9.